The molecule has 0 saturated heterocycles. The highest BCUT2D eigenvalue weighted by Gasteiger charge is 2.08. The molecule has 1 aromatic carbocycles. The lowest BCUT2D eigenvalue weighted by atomic mass is 10.1. The Kier molecular flexibility index (Phi) is 7.72. The van der Waals surface area contributed by atoms with E-state index in [0.29, 0.717) is 18.2 Å². The van der Waals surface area contributed by atoms with Crippen molar-refractivity contribution >= 4 is 0 Å². The summed E-state index contributed by atoms with van der Waals surface area (Å²) in [5.74, 6) is 0.555. The first-order chi connectivity index (χ1) is 12.1. The molecule has 1 aromatic heterocycles. The van der Waals surface area contributed by atoms with Gasteiger partial charge in [0.2, 0.25) is 5.88 Å². The standard InChI is InChI=1S/C18H25FN4O2/c1-13(2)5-6-21-8-14-3-4-17(16(19)7-14)25-18-10-22-15(9-23-18)11-24-12-20/h3-4,7,9-10,13,21H,5-6,8,11-12,20H2,1-2H3. The van der Waals surface area contributed by atoms with E-state index in [-0.39, 0.29) is 25.0 Å². The molecular weight excluding hydrogens is 323 g/mol. The van der Waals surface area contributed by atoms with Gasteiger partial charge in [0.25, 0.3) is 0 Å². The van der Waals surface area contributed by atoms with Gasteiger partial charge in [-0.05, 0) is 36.6 Å². The minimum absolute atomic E-state index is 0.115. The number of nitrogens with two attached hydrogens (primary N) is 1. The monoisotopic (exact) mass is 348 g/mol. The van der Waals surface area contributed by atoms with E-state index in [1.54, 1.807) is 6.07 Å². The van der Waals surface area contributed by atoms with E-state index in [2.05, 4.69) is 29.1 Å². The molecule has 3 N–H and O–H groups in total. The summed E-state index contributed by atoms with van der Waals surface area (Å²) >= 11 is 0. The predicted molar refractivity (Wildman–Crippen MR) is 93.5 cm³/mol. The molecule has 1 heterocycles. The summed E-state index contributed by atoms with van der Waals surface area (Å²) in [6, 6.07) is 4.90. The van der Waals surface area contributed by atoms with E-state index in [1.807, 2.05) is 6.07 Å². The van der Waals surface area contributed by atoms with Gasteiger partial charge >= 0.3 is 0 Å². The molecular formula is C18H25FN4O2. The van der Waals surface area contributed by atoms with Crippen LogP contribution in [0.5, 0.6) is 11.6 Å². The lowest BCUT2D eigenvalue weighted by molar-refractivity contribution is 0.124. The van der Waals surface area contributed by atoms with Crippen molar-refractivity contribution < 1.29 is 13.9 Å². The van der Waals surface area contributed by atoms with Gasteiger partial charge in [-0.15, -0.1) is 0 Å². The lowest BCUT2D eigenvalue weighted by Crippen LogP contribution is -2.16. The third-order valence-electron chi connectivity index (χ3n) is 3.49. The number of benzene rings is 1. The summed E-state index contributed by atoms with van der Waals surface area (Å²) in [4.78, 5) is 8.21. The number of aromatic nitrogens is 2. The van der Waals surface area contributed by atoms with Crippen LogP contribution in [0.1, 0.15) is 31.5 Å². The van der Waals surface area contributed by atoms with Crippen LogP contribution >= 0.6 is 0 Å². The maximum absolute atomic E-state index is 14.2. The first-order valence-electron chi connectivity index (χ1n) is 8.34. The van der Waals surface area contributed by atoms with Gasteiger partial charge in [0.05, 0.1) is 31.4 Å². The number of hydrogen-bond donors (Lipinski definition) is 2. The Morgan fingerprint density at radius 3 is 2.72 bits per heavy atom. The molecule has 2 rings (SSSR count). The summed E-state index contributed by atoms with van der Waals surface area (Å²) < 4.78 is 24.7. The smallest absolute Gasteiger partial charge is 0.237 e. The van der Waals surface area contributed by atoms with Crippen LogP contribution in [0, 0.1) is 11.7 Å². The van der Waals surface area contributed by atoms with Crippen molar-refractivity contribution in [1.82, 2.24) is 15.3 Å². The fourth-order valence-corrected chi connectivity index (χ4v) is 2.11. The number of hydrogen-bond acceptors (Lipinski definition) is 6. The lowest BCUT2D eigenvalue weighted by Gasteiger charge is -2.09. The van der Waals surface area contributed by atoms with Gasteiger partial charge in [0.1, 0.15) is 0 Å². The van der Waals surface area contributed by atoms with Gasteiger partial charge in [0, 0.05) is 6.54 Å². The summed E-state index contributed by atoms with van der Waals surface area (Å²) in [7, 11) is 0. The third kappa shape index (κ3) is 6.74. The molecule has 0 radical (unpaired) electrons. The molecule has 0 unspecified atom stereocenters. The van der Waals surface area contributed by atoms with E-state index in [9.17, 15) is 4.39 Å². The van der Waals surface area contributed by atoms with Crippen LogP contribution in [0.2, 0.25) is 0 Å². The van der Waals surface area contributed by atoms with E-state index >= 15 is 0 Å². The number of nitrogens with zero attached hydrogens (tertiary/aromatic N) is 2. The Labute approximate surface area is 147 Å². The quantitative estimate of drug-likeness (QED) is 0.507. The van der Waals surface area contributed by atoms with Crippen molar-refractivity contribution in [1.29, 1.82) is 0 Å². The van der Waals surface area contributed by atoms with Crippen molar-refractivity contribution in [2.75, 3.05) is 13.3 Å². The zero-order valence-corrected chi connectivity index (χ0v) is 14.7. The number of ether oxygens (including phenoxy) is 2. The zero-order chi connectivity index (χ0) is 18.1. The second-order valence-electron chi connectivity index (χ2n) is 6.09. The fraction of sp³-hybridized carbons (Fsp3) is 0.444. The number of nitrogens with one attached hydrogen (secondary N) is 1. The average Bonchev–Trinajstić information content (AvgIpc) is 2.60. The minimum Gasteiger partial charge on any atom is -0.434 e. The Morgan fingerprint density at radius 2 is 2.08 bits per heavy atom. The largest absolute Gasteiger partial charge is 0.434 e. The molecule has 0 saturated carbocycles. The van der Waals surface area contributed by atoms with Gasteiger partial charge in [0.15, 0.2) is 11.6 Å². The molecule has 0 atom stereocenters. The van der Waals surface area contributed by atoms with Crippen LogP contribution in [-0.4, -0.2) is 23.2 Å². The van der Waals surface area contributed by atoms with Gasteiger partial charge in [-0.25, -0.2) is 9.37 Å². The zero-order valence-electron chi connectivity index (χ0n) is 14.7. The summed E-state index contributed by atoms with van der Waals surface area (Å²) in [6.07, 6.45) is 4.03. The third-order valence-corrected chi connectivity index (χ3v) is 3.49. The van der Waals surface area contributed by atoms with Crippen molar-refractivity contribution in [2.24, 2.45) is 11.7 Å². The highest BCUT2D eigenvalue weighted by atomic mass is 19.1. The Bertz CT molecular complexity index is 650. The molecule has 25 heavy (non-hydrogen) atoms. The van der Waals surface area contributed by atoms with Crippen molar-refractivity contribution in [3.05, 3.63) is 47.7 Å². The van der Waals surface area contributed by atoms with Crippen LogP contribution in [0.4, 0.5) is 4.39 Å². The van der Waals surface area contributed by atoms with Gasteiger partial charge in [-0.3, -0.25) is 4.98 Å². The maximum Gasteiger partial charge on any atom is 0.237 e. The molecule has 7 heteroatoms. The number of halogens is 1. The molecule has 136 valence electrons. The molecule has 0 fully saturated rings. The molecule has 0 amide bonds. The second-order valence-corrected chi connectivity index (χ2v) is 6.09. The maximum atomic E-state index is 14.2. The average molecular weight is 348 g/mol. The molecule has 6 nitrogen and oxygen atoms in total. The van der Waals surface area contributed by atoms with Crippen LogP contribution in [0.3, 0.4) is 0 Å². The highest BCUT2D eigenvalue weighted by molar-refractivity contribution is 5.31. The minimum atomic E-state index is -0.430. The van der Waals surface area contributed by atoms with E-state index in [0.717, 1.165) is 18.5 Å². The van der Waals surface area contributed by atoms with E-state index in [1.165, 1.54) is 18.5 Å². The van der Waals surface area contributed by atoms with Crippen molar-refractivity contribution in [3.8, 4) is 11.6 Å². The molecule has 0 aliphatic carbocycles. The highest BCUT2D eigenvalue weighted by Crippen LogP contribution is 2.23. The normalized spacial score (nSPS) is 11.1. The van der Waals surface area contributed by atoms with Gasteiger partial charge in [-0.2, -0.15) is 0 Å². The Hall–Kier alpha value is -2.09. The van der Waals surface area contributed by atoms with Crippen LogP contribution in [0.25, 0.3) is 0 Å². The predicted octanol–water partition coefficient (Wildman–Crippen LogP) is 2.98. The first kappa shape index (κ1) is 19.2. The van der Waals surface area contributed by atoms with Gasteiger partial charge in [-0.1, -0.05) is 19.9 Å². The molecule has 2 aromatic rings. The van der Waals surface area contributed by atoms with Crippen LogP contribution < -0.4 is 15.8 Å². The fourth-order valence-electron chi connectivity index (χ4n) is 2.11. The topological polar surface area (TPSA) is 82.3 Å². The van der Waals surface area contributed by atoms with Crippen molar-refractivity contribution in [2.45, 2.75) is 33.4 Å². The first-order valence-corrected chi connectivity index (χ1v) is 8.34. The van der Waals surface area contributed by atoms with Crippen LogP contribution in [0.15, 0.2) is 30.6 Å². The van der Waals surface area contributed by atoms with Crippen LogP contribution in [-0.2, 0) is 17.9 Å². The molecule has 0 aliphatic heterocycles. The summed E-state index contributed by atoms with van der Waals surface area (Å²) in [5, 5.41) is 3.30. The number of rotatable bonds is 10. The summed E-state index contributed by atoms with van der Waals surface area (Å²) in [5.41, 5.74) is 6.74. The second kappa shape index (κ2) is 10.0. The van der Waals surface area contributed by atoms with Crippen molar-refractivity contribution in [3.63, 3.8) is 0 Å². The summed E-state index contributed by atoms with van der Waals surface area (Å²) in [6.45, 7) is 6.27. The Balaban J connectivity index is 1.89. The molecule has 0 bridgehead atoms. The Morgan fingerprint density at radius 1 is 1.24 bits per heavy atom. The molecule has 0 spiro atoms. The SMILES string of the molecule is CC(C)CCNCc1ccc(Oc2cnc(COCN)cn2)c(F)c1. The van der Waals surface area contributed by atoms with E-state index in [4.69, 9.17) is 15.2 Å². The van der Waals surface area contributed by atoms with Gasteiger partial charge < -0.3 is 20.5 Å². The molecule has 0 aliphatic rings. The van der Waals surface area contributed by atoms with E-state index < -0.39 is 5.82 Å².